The Hall–Kier alpha value is -1.06. The molecule has 0 radical (unpaired) electrons. The van der Waals surface area contributed by atoms with Crippen LogP contribution in [-0.4, -0.2) is 23.0 Å². The zero-order chi connectivity index (χ0) is 25.5. The SMILES string of the molecule is CCC.CCCCCCCCCCCCCCCCC(C)(C)C(=O)NC(CC(C)C)C(=O)O. The van der Waals surface area contributed by atoms with E-state index in [0.29, 0.717) is 6.42 Å². The number of carbonyl (C=O) groups excluding carboxylic acids is 1. The fourth-order valence-corrected chi connectivity index (χ4v) is 3.92. The molecule has 198 valence electrons. The van der Waals surface area contributed by atoms with Crippen molar-refractivity contribution in [2.45, 2.75) is 164 Å². The fraction of sp³-hybridized carbons (Fsp3) is 0.931. The lowest BCUT2D eigenvalue weighted by Crippen LogP contribution is -2.47. The highest BCUT2D eigenvalue weighted by molar-refractivity contribution is 5.86. The van der Waals surface area contributed by atoms with Gasteiger partial charge < -0.3 is 10.4 Å². The largest absolute Gasteiger partial charge is 0.480 e. The molecule has 0 saturated heterocycles. The summed E-state index contributed by atoms with van der Waals surface area (Å²) in [4.78, 5) is 23.9. The second-order valence-corrected chi connectivity index (χ2v) is 10.9. The molecule has 0 spiro atoms. The maximum absolute atomic E-state index is 12.6. The number of carboxylic acids is 1. The van der Waals surface area contributed by atoms with Crippen molar-refractivity contribution < 1.29 is 14.7 Å². The van der Waals surface area contributed by atoms with Gasteiger partial charge in [0.2, 0.25) is 5.91 Å². The summed E-state index contributed by atoms with van der Waals surface area (Å²) in [5.74, 6) is -0.838. The van der Waals surface area contributed by atoms with Gasteiger partial charge in [-0.1, -0.05) is 145 Å². The van der Waals surface area contributed by atoms with Crippen molar-refractivity contribution in [2.75, 3.05) is 0 Å². The molecule has 0 aliphatic heterocycles. The first-order valence-electron chi connectivity index (χ1n) is 14.2. The van der Waals surface area contributed by atoms with E-state index in [4.69, 9.17) is 0 Å². The average molecular weight is 470 g/mol. The molecule has 33 heavy (non-hydrogen) atoms. The van der Waals surface area contributed by atoms with Crippen LogP contribution in [0.2, 0.25) is 0 Å². The monoisotopic (exact) mass is 469 g/mol. The quantitative estimate of drug-likeness (QED) is 0.175. The Bertz CT molecular complexity index is 460. The van der Waals surface area contributed by atoms with Crippen LogP contribution in [-0.2, 0) is 9.59 Å². The van der Waals surface area contributed by atoms with Crippen LogP contribution < -0.4 is 5.32 Å². The third-order valence-corrected chi connectivity index (χ3v) is 6.08. The number of hydrogen-bond donors (Lipinski definition) is 2. The maximum atomic E-state index is 12.6. The summed E-state index contributed by atoms with van der Waals surface area (Å²) < 4.78 is 0. The van der Waals surface area contributed by atoms with Gasteiger partial charge in [0.15, 0.2) is 0 Å². The molecule has 1 unspecified atom stereocenters. The number of aliphatic carboxylic acids is 1. The molecule has 0 aromatic rings. The highest BCUT2D eigenvalue weighted by Gasteiger charge is 2.31. The molecule has 0 aromatic carbocycles. The molecular formula is C29H59NO3. The number of nitrogens with one attached hydrogen (secondary N) is 1. The molecule has 1 amide bonds. The molecule has 0 aliphatic carbocycles. The van der Waals surface area contributed by atoms with Crippen LogP contribution in [0.3, 0.4) is 0 Å². The highest BCUT2D eigenvalue weighted by Crippen LogP contribution is 2.25. The van der Waals surface area contributed by atoms with E-state index in [-0.39, 0.29) is 11.8 Å². The summed E-state index contributed by atoms with van der Waals surface area (Å²) >= 11 is 0. The van der Waals surface area contributed by atoms with Crippen molar-refractivity contribution >= 4 is 11.9 Å². The Balaban J connectivity index is 0. The molecule has 0 bridgehead atoms. The Morgan fingerprint density at radius 3 is 1.42 bits per heavy atom. The molecule has 1 atom stereocenters. The first kappa shape index (κ1) is 34.1. The smallest absolute Gasteiger partial charge is 0.326 e. The van der Waals surface area contributed by atoms with Crippen molar-refractivity contribution in [1.29, 1.82) is 0 Å². The van der Waals surface area contributed by atoms with E-state index < -0.39 is 17.4 Å². The molecule has 0 aromatic heterocycles. The van der Waals surface area contributed by atoms with Crippen LogP contribution in [0, 0.1) is 11.3 Å². The molecule has 0 saturated carbocycles. The van der Waals surface area contributed by atoms with Crippen LogP contribution in [0.4, 0.5) is 0 Å². The maximum Gasteiger partial charge on any atom is 0.326 e. The number of rotatable bonds is 20. The number of amides is 1. The normalized spacial score (nSPS) is 12.2. The van der Waals surface area contributed by atoms with Crippen molar-refractivity contribution in [3.05, 3.63) is 0 Å². The molecule has 0 rings (SSSR count). The van der Waals surface area contributed by atoms with E-state index in [2.05, 4.69) is 26.1 Å². The van der Waals surface area contributed by atoms with Crippen LogP contribution in [0.15, 0.2) is 0 Å². The molecule has 0 aliphatic rings. The summed E-state index contributed by atoms with van der Waals surface area (Å²) in [7, 11) is 0. The van der Waals surface area contributed by atoms with Crippen LogP contribution in [0.5, 0.6) is 0 Å². The van der Waals surface area contributed by atoms with Gasteiger partial charge in [0.1, 0.15) is 6.04 Å². The summed E-state index contributed by atoms with van der Waals surface area (Å²) in [6.07, 6.45) is 21.0. The molecule has 4 heteroatoms. The van der Waals surface area contributed by atoms with Crippen molar-refractivity contribution in [1.82, 2.24) is 5.32 Å². The Morgan fingerprint density at radius 2 is 1.09 bits per heavy atom. The minimum Gasteiger partial charge on any atom is -0.480 e. The lowest BCUT2D eigenvalue weighted by Gasteiger charge is -2.26. The van der Waals surface area contributed by atoms with E-state index >= 15 is 0 Å². The molecule has 4 nitrogen and oxygen atoms in total. The van der Waals surface area contributed by atoms with Crippen molar-refractivity contribution in [2.24, 2.45) is 11.3 Å². The third-order valence-electron chi connectivity index (χ3n) is 6.08. The molecular weight excluding hydrogens is 410 g/mol. The summed E-state index contributed by atoms with van der Waals surface area (Å²) in [6.45, 7) is 14.3. The van der Waals surface area contributed by atoms with E-state index in [9.17, 15) is 14.7 Å². The second kappa shape index (κ2) is 22.7. The van der Waals surface area contributed by atoms with Crippen molar-refractivity contribution in [3.8, 4) is 0 Å². The lowest BCUT2D eigenvalue weighted by molar-refractivity contribution is -0.144. The topological polar surface area (TPSA) is 66.4 Å². The lowest BCUT2D eigenvalue weighted by atomic mass is 9.85. The van der Waals surface area contributed by atoms with Gasteiger partial charge in [-0.2, -0.15) is 0 Å². The van der Waals surface area contributed by atoms with Gasteiger partial charge in [0.25, 0.3) is 0 Å². The summed E-state index contributed by atoms with van der Waals surface area (Å²) in [5, 5.41) is 12.1. The van der Waals surface area contributed by atoms with E-state index in [1.54, 1.807) is 0 Å². The van der Waals surface area contributed by atoms with Gasteiger partial charge in [-0.05, 0) is 18.8 Å². The van der Waals surface area contributed by atoms with Gasteiger partial charge in [0, 0.05) is 5.41 Å². The van der Waals surface area contributed by atoms with Gasteiger partial charge in [-0.15, -0.1) is 0 Å². The molecule has 2 N–H and O–H groups in total. The Morgan fingerprint density at radius 1 is 0.727 bits per heavy atom. The molecule has 0 heterocycles. The summed E-state index contributed by atoms with van der Waals surface area (Å²) in [6, 6.07) is -0.784. The van der Waals surface area contributed by atoms with Crippen molar-refractivity contribution in [3.63, 3.8) is 0 Å². The van der Waals surface area contributed by atoms with Gasteiger partial charge >= 0.3 is 5.97 Å². The van der Waals surface area contributed by atoms with Gasteiger partial charge in [0.05, 0.1) is 0 Å². The average Bonchev–Trinajstić information content (AvgIpc) is 2.73. The van der Waals surface area contributed by atoms with Gasteiger partial charge in [-0.25, -0.2) is 4.79 Å². The fourth-order valence-electron chi connectivity index (χ4n) is 3.92. The summed E-state index contributed by atoms with van der Waals surface area (Å²) in [5.41, 5.74) is -0.512. The number of unbranched alkanes of at least 4 members (excludes halogenated alkanes) is 13. The molecule has 0 fully saturated rings. The Kier molecular flexibility index (Phi) is 23.5. The number of carboxylic acid groups (broad SMARTS) is 1. The van der Waals surface area contributed by atoms with E-state index in [1.807, 2.05) is 27.7 Å². The predicted molar refractivity (Wildman–Crippen MR) is 144 cm³/mol. The minimum absolute atomic E-state index is 0.134. The van der Waals surface area contributed by atoms with Crippen LogP contribution >= 0.6 is 0 Å². The zero-order valence-electron chi connectivity index (χ0n) is 23.4. The van der Waals surface area contributed by atoms with E-state index in [1.165, 1.54) is 83.5 Å². The highest BCUT2D eigenvalue weighted by atomic mass is 16.4. The first-order chi connectivity index (χ1) is 15.6. The predicted octanol–water partition coefficient (Wildman–Crippen LogP) is 8.92. The van der Waals surface area contributed by atoms with Crippen LogP contribution in [0.1, 0.15) is 158 Å². The minimum atomic E-state index is -0.940. The number of hydrogen-bond acceptors (Lipinski definition) is 2. The first-order valence-corrected chi connectivity index (χ1v) is 14.2. The number of carbonyl (C=O) groups is 2. The Labute approximate surface area is 207 Å². The standard InChI is InChI=1S/C26H51NO3.C3H8/c1-6-7-8-9-10-11-12-13-14-15-16-17-18-19-20-26(4,5)25(30)27-23(24(28)29)21-22(2)3;1-3-2/h22-23H,6-21H2,1-5H3,(H,27,30)(H,28,29);3H2,1-2H3. The second-order valence-electron chi connectivity index (χ2n) is 10.9. The van der Waals surface area contributed by atoms with E-state index in [0.717, 1.165) is 19.3 Å². The van der Waals surface area contributed by atoms with Gasteiger partial charge in [-0.3, -0.25) is 4.79 Å². The third kappa shape index (κ3) is 22.5. The van der Waals surface area contributed by atoms with Crippen LogP contribution in [0.25, 0.3) is 0 Å². The zero-order valence-corrected chi connectivity index (χ0v) is 23.4.